The fraction of sp³-hybridized carbons (Fsp3) is 0.667. The van der Waals surface area contributed by atoms with Crippen LogP contribution in [0.4, 0.5) is 0 Å². The summed E-state index contributed by atoms with van der Waals surface area (Å²) in [5.74, 6) is -1.62. The smallest absolute Gasteiger partial charge is 0.306 e. The Labute approximate surface area is 96.8 Å². The van der Waals surface area contributed by atoms with Crippen LogP contribution in [-0.2, 0) is 4.79 Å². The number of carbonyl (C=O) groups excluding carboxylic acids is 1. The van der Waals surface area contributed by atoms with Crippen LogP contribution in [0.3, 0.4) is 0 Å². The van der Waals surface area contributed by atoms with E-state index in [2.05, 4.69) is 25.9 Å². The molecular formula is C9H13N5O3. The number of hydrogen-bond donors (Lipinski definition) is 3. The first-order valence-corrected chi connectivity index (χ1v) is 5.44. The second-order valence-electron chi connectivity index (χ2n) is 4.11. The van der Waals surface area contributed by atoms with Gasteiger partial charge in [-0.1, -0.05) is 6.42 Å². The van der Waals surface area contributed by atoms with Crippen molar-refractivity contribution >= 4 is 11.9 Å². The number of rotatable bonds is 3. The Bertz CT molecular complexity index is 405. The van der Waals surface area contributed by atoms with Crippen LogP contribution >= 0.6 is 0 Å². The highest BCUT2D eigenvalue weighted by molar-refractivity contribution is 5.90. The van der Waals surface area contributed by atoms with E-state index in [1.165, 1.54) is 0 Å². The highest BCUT2D eigenvalue weighted by Crippen LogP contribution is 2.24. The van der Waals surface area contributed by atoms with Gasteiger partial charge in [-0.05, 0) is 24.5 Å². The van der Waals surface area contributed by atoms with Gasteiger partial charge in [0, 0.05) is 6.04 Å². The minimum Gasteiger partial charge on any atom is -0.481 e. The molecule has 92 valence electrons. The summed E-state index contributed by atoms with van der Waals surface area (Å²) in [6.45, 7) is 0. The molecule has 0 aliphatic heterocycles. The number of nitrogens with one attached hydrogen (secondary N) is 2. The molecule has 0 bridgehead atoms. The Kier molecular flexibility index (Phi) is 3.31. The zero-order valence-electron chi connectivity index (χ0n) is 9.09. The van der Waals surface area contributed by atoms with Crippen molar-refractivity contribution in [3.8, 4) is 0 Å². The zero-order valence-corrected chi connectivity index (χ0v) is 9.09. The van der Waals surface area contributed by atoms with E-state index in [9.17, 15) is 9.59 Å². The van der Waals surface area contributed by atoms with Gasteiger partial charge in [0.15, 0.2) is 0 Å². The number of hydrogen-bond acceptors (Lipinski definition) is 5. The van der Waals surface area contributed by atoms with Crippen LogP contribution in [0, 0.1) is 5.92 Å². The molecule has 8 nitrogen and oxygen atoms in total. The number of carboxylic acid groups (broad SMARTS) is 1. The van der Waals surface area contributed by atoms with Crippen molar-refractivity contribution in [2.75, 3.05) is 0 Å². The second kappa shape index (κ2) is 4.89. The van der Waals surface area contributed by atoms with Crippen LogP contribution < -0.4 is 5.32 Å². The normalized spacial score (nSPS) is 24.2. The molecule has 0 saturated heterocycles. The van der Waals surface area contributed by atoms with Crippen molar-refractivity contribution in [2.45, 2.75) is 31.7 Å². The van der Waals surface area contributed by atoms with Gasteiger partial charge in [0.25, 0.3) is 11.7 Å². The topological polar surface area (TPSA) is 121 Å². The Morgan fingerprint density at radius 2 is 2.24 bits per heavy atom. The van der Waals surface area contributed by atoms with Crippen molar-refractivity contribution in [3.63, 3.8) is 0 Å². The predicted molar refractivity (Wildman–Crippen MR) is 55.0 cm³/mol. The number of aromatic amines is 1. The number of aromatic nitrogens is 4. The van der Waals surface area contributed by atoms with E-state index in [0.29, 0.717) is 12.8 Å². The molecule has 1 aliphatic carbocycles. The highest BCUT2D eigenvalue weighted by Gasteiger charge is 2.28. The van der Waals surface area contributed by atoms with Gasteiger partial charge in [-0.3, -0.25) is 9.59 Å². The van der Waals surface area contributed by atoms with E-state index >= 15 is 0 Å². The summed E-state index contributed by atoms with van der Waals surface area (Å²) in [5.41, 5.74) is 0. The number of amides is 1. The first kappa shape index (κ1) is 11.5. The predicted octanol–water partition coefficient (Wildman–Crippen LogP) is -0.427. The van der Waals surface area contributed by atoms with E-state index in [4.69, 9.17) is 5.11 Å². The van der Waals surface area contributed by atoms with Gasteiger partial charge in [-0.25, -0.2) is 0 Å². The lowest BCUT2D eigenvalue weighted by Gasteiger charge is -2.26. The first-order valence-electron chi connectivity index (χ1n) is 5.44. The van der Waals surface area contributed by atoms with Gasteiger partial charge in [0.1, 0.15) is 0 Å². The van der Waals surface area contributed by atoms with E-state index in [-0.39, 0.29) is 17.8 Å². The van der Waals surface area contributed by atoms with Gasteiger partial charge >= 0.3 is 5.97 Å². The van der Waals surface area contributed by atoms with Crippen LogP contribution in [0.15, 0.2) is 0 Å². The molecule has 1 fully saturated rings. The van der Waals surface area contributed by atoms with Gasteiger partial charge in [0.05, 0.1) is 5.92 Å². The Hall–Kier alpha value is -1.99. The molecule has 3 N–H and O–H groups in total. The fourth-order valence-electron chi connectivity index (χ4n) is 2.05. The van der Waals surface area contributed by atoms with Crippen LogP contribution in [0.1, 0.15) is 36.3 Å². The number of nitrogens with zero attached hydrogens (tertiary/aromatic N) is 3. The van der Waals surface area contributed by atoms with Crippen molar-refractivity contribution in [1.29, 1.82) is 0 Å². The van der Waals surface area contributed by atoms with Crippen LogP contribution in [0.2, 0.25) is 0 Å². The molecule has 1 saturated carbocycles. The number of carbonyl (C=O) groups is 2. The molecular weight excluding hydrogens is 226 g/mol. The third-order valence-corrected chi connectivity index (χ3v) is 2.91. The number of aliphatic carboxylic acids is 1. The average Bonchev–Trinajstić information content (AvgIpc) is 2.82. The molecule has 8 heteroatoms. The van der Waals surface area contributed by atoms with Gasteiger partial charge in [-0.2, -0.15) is 5.21 Å². The molecule has 0 spiro atoms. The fourth-order valence-corrected chi connectivity index (χ4v) is 2.05. The minimum atomic E-state index is -0.802. The lowest BCUT2D eigenvalue weighted by atomic mass is 9.86. The highest BCUT2D eigenvalue weighted by atomic mass is 16.4. The SMILES string of the molecule is O=C(NC1CCCC(C(=O)O)C1)c1nn[nH]n1. The summed E-state index contributed by atoms with van der Waals surface area (Å²) in [4.78, 5) is 22.5. The summed E-state index contributed by atoms with van der Waals surface area (Å²) in [6, 6.07) is -0.129. The number of tetrazole rings is 1. The molecule has 2 unspecified atom stereocenters. The minimum absolute atomic E-state index is 0.0255. The molecule has 1 aliphatic rings. The first-order chi connectivity index (χ1) is 8.16. The molecule has 1 aromatic rings. The molecule has 17 heavy (non-hydrogen) atoms. The molecule has 1 heterocycles. The average molecular weight is 239 g/mol. The molecule has 2 atom stereocenters. The third-order valence-electron chi connectivity index (χ3n) is 2.91. The lowest BCUT2D eigenvalue weighted by molar-refractivity contribution is -0.143. The standard InChI is InChI=1S/C9H13N5O3/c15-8(7-11-13-14-12-7)10-6-3-1-2-5(4-6)9(16)17/h5-6H,1-4H2,(H,10,15)(H,16,17)(H,11,12,13,14). The lowest BCUT2D eigenvalue weighted by Crippen LogP contribution is -2.40. The monoisotopic (exact) mass is 239 g/mol. The summed E-state index contributed by atoms with van der Waals surface area (Å²) in [6.07, 6.45) is 2.71. The molecule has 1 aromatic heterocycles. The maximum atomic E-state index is 11.6. The van der Waals surface area contributed by atoms with Crippen LogP contribution in [0.5, 0.6) is 0 Å². The van der Waals surface area contributed by atoms with Gasteiger partial charge in [-0.15, -0.1) is 10.2 Å². The maximum Gasteiger partial charge on any atom is 0.306 e. The van der Waals surface area contributed by atoms with Crippen molar-refractivity contribution in [2.24, 2.45) is 5.92 Å². The van der Waals surface area contributed by atoms with Crippen LogP contribution in [-0.4, -0.2) is 43.6 Å². The van der Waals surface area contributed by atoms with Crippen molar-refractivity contribution in [3.05, 3.63) is 5.82 Å². The summed E-state index contributed by atoms with van der Waals surface area (Å²) >= 11 is 0. The third kappa shape index (κ3) is 2.77. The number of H-pyrrole nitrogens is 1. The summed E-state index contributed by atoms with van der Waals surface area (Å²) in [5, 5.41) is 24.2. The largest absolute Gasteiger partial charge is 0.481 e. The van der Waals surface area contributed by atoms with Gasteiger partial charge in [0.2, 0.25) is 0 Å². The quantitative estimate of drug-likeness (QED) is 0.658. The summed E-state index contributed by atoms with van der Waals surface area (Å²) < 4.78 is 0. The summed E-state index contributed by atoms with van der Waals surface area (Å²) in [7, 11) is 0. The zero-order chi connectivity index (χ0) is 12.3. The Morgan fingerprint density at radius 1 is 1.41 bits per heavy atom. The van der Waals surface area contributed by atoms with Crippen LogP contribution in [0.25, 0.3) is 0 Å². The van der Waals surface area contributed by atoms with Crippen molar-refractivity contribution in [1.82, 2.24) is 25.9 Å². The number of carboxylic acids is 1. The van der Waals surface area contributed by atoms with Gasteiger partial charge < -0.3 is 10.4 Å². The van der Waals surface area contributed by atoms with E-state index < -0.39 is 11.9 Å². The van der Waals surface area contributed by atoms with E-state index in [1.54, 1.807) is 0 Å². The Morgan fingerprint density at radius 3 is 2.88 bits per heavy atom. The second-order valence-corrected chi connectivity index (χ2v) is 4.11. The molecule has 2 rings (SSSR count). The van der Waals surface area contributed by atoms with Crippen molar-refractivity contribution < 1.29 is 14.7 Å². The van der Waals surface area contributed by atoms with E-state index in [0.717, 1.165) is 12.8 Å². The maximum absolute atomic E-state index is 11.6. The molecule has 0 aromatic carbocycles. The van der Waals surface area contributed by atoms with E-state index in [1.807, 2.05) is 0 Å². The Balaban J connectivity index is 1.91. The molecule has 0 radical (unpaired) electrons. The molecule has 1 amide bonds.